The Hall–Kier alpha value is -4.45. The van der Waals surface area contributed by atoms with Crippen LogP contribution in [0.5, 0.6) is 46.0 Å². The number of aromatic hydroxyl groups is 1. The zero-order valence-electron chi connectivity index (χ0n) is 22.6. The van der Waals surface area contributed by atoms with E-state index in [0.717, 1.165) is 0 Å². The van der Waals surface area contributed by atoms with Crippen LogP contribution in [0.1, 0.15) is 11.1 Å². The van der Waals surface area contributed by atoms with Crippen molar-refractivity contribution in [3.63, 3.8) is 0 Å². The lowest BCUT2D eigenvalue weighted by Crippen LogP contribution is -2.15. The Morgan fingerprint density at radius 2 is 1.10 bits per heavy atom. The van der Waals surface area contributed by atoms with Gasteiger partial charge in [-0.05, 0) is 29.8 Å². The fourth-order valence-electron chi connectivity index (χ4n) is 3.83. The SMILES string of the molecule is COc1cc(C=Cc2ccc(O)c(OC)c2NS(=O)(=O)c2cc(OC)c(OC)c(OC)c2)cc(OC)c1OC. The Bertz CT molecular complexity index is 1420. The number of hydrogen-bond acceptors (Lipinski definition) is 10. The topological polar surface area (TPSA) is 131 Å². The lowest BCUT2D eigenvalue weighted by atomic mass is 10.1. The summed E-state index contributed by atoms with van der Waals surface area (Å²) in [6.07, 6.45) is 3.36. The van der Waals surface area contributed by atoms with E-state index in [-0.39, 0.29) is 39.3 Å². The summed E-state index contributed by atoms with van der Waals surface area (Å²) in [5.41, 5.74) is 1.08. The zero-order valence-corrected chi connectivity index (χ0v) is 23.5. The number of anilines is 1. The predicted octanol–water partition coefficient (Wildman–Crippen LogP) is 4.42. The van der Waals surface area contributed by atoms with Crippen LogP contribution in [-0.2, 0) is 10.0 Å². The summed E-state index contributed by atoms with van der Waals surface area (Å²) in [7, 11) is 5.77. The highest BCUT2D eigenvalue weighted by Crippen LogP contribution is 2.43. The van der Waals surface area contributed by atoms with Crippen molar-refractivity contribution in [3.05, 3.63) is 47.5 Å². The summed E-state index contributed by atoms with van der Waals surface area (Å²) in [6.45, 7) is 0. The van der Waals surface area contributed by atoms with E-state index >= 15 is 0 Å². The van der Waals surface area contributed by atoms with Crippen LogP contribution in [0, 0.1) is 0 Å². The van der Waals surface area contributed by atoms with Crippen LogP contribution in [0.4, 0.5) is 5.69 Å². The molecule has 12 heteroatoms. The Balaban J connectivity index is 2.12. The largest absolute Gasteiger partial charge is 0.504 e. The van der Waals surface area contributed by atoms with E-state index in [2.05, 4.69) is 4.72 Å². The zero-order chi connectivity index (χ0) is 28.7. The Kier molecular flexibility index (Phi) is 9.25. The summed E-state index contributed by atoms with van der Waals surface area (Å²) < 4.78 is 66.9. The Labute approximate surface area is 227 Å². The van der Waals surface area contributed by atoms with Crippen molar-refractivity contribution in [2.45, 2.75) is 4.90 Å². The van der Waals surface area contributed by atoms with Gasteiger partial charge in [-0.2, -0.15) is 0 Å². The first-order valence-corrected chi connectivity index (χ1v) is 12.9. The van der Waals surface area contributed by atoms with Crippen LogP contribution in [0.3, 0.4) is 0 Å². The van der Waals surface area contributed by atoms with Gasteiger partial charge >= 0.3 is 0 Å². The second-order valence-electron chi connectivity index (χ2n) is 7.84. The standard InChI is InChI=1S/C27H31NO10S/c1-32-20-12-16(13-21(33-2)26(20)37-6)8-9-17-10-11-19(29)25(36-5)24(17)28-39(30,31)18-14-22(34-3)27(38-7)23(15-18)35-4/h8-15,28-29H,1-7H3. The van der Waals surface area contributed by atoms with Gasteiger partial charge in [0.1, 0.15) is 5.69 Å². The first-order chi connectivity index (χ1) is 18.7. The molecule has 3 aromatic rings. The highest BCUT2D eigenvalue weighted by molar-refractivity contribution is 7.92. The number of sulfonamides is 1. The third-order valence-electron chi connectivity index (χ3n) is 5.70. The van der Waals surface area contributed by atoms with E-state index in [4.69, 9.17) is 33.2 Å². The molecule has 0 aliphatic heterocycles. The van der Waals surface area contributed by atoms with Gasteiger partial charge in [0, 0.05) is 17.7 Å². The molecule has 0 saturated carbocycles. The second kappa shape index (κ2) is 12.4. The molecular formula is C27H31NO10S. The maximum Gasteiger partial charge on any atom is 0.262 e. The molecule has 2 N–H and O–H groups in total. The van der Waals surface area contributed by atoms with Crippen molar-refractivity contribution in [2.75, 3.05) is 54.5 Å². The number of ether oxygens (including phenoxy) is 7. The molecule has 0 radical (unpaired) electrons. The van der Waals surface area contributed by atoms with Crippen molar-refractivity contribution in [1.82, 2.24) is 0 Å². The molecule has 11 nitrogen and oxygen atoms in total. The van der Waals surface area contributed by atoms with Crippen LogP contribution in [0.2, 0.25) is 0 Å². The maximum absolute atomic E-state index is 13.5. The van der Waals surface area contributed by atoms with E-state index in [1.54, 1.807) is 30.4 Å². The lowest BCUT2D eigenvalue weighted by molar-refractivity contribution is 0.323. The maximum atomic E-state index is 13.5. The molecule has 3 rings (SSSR count). The van der Waals surface area contributed by atoms with Crippen molar-refractivity contribution in [3.8, 4) is 46.0 Å². The summed E-state index contributed by atoms with van der Waals surface area (Å²) in [6, 6.07) is 8.99. The normalized spacial score (nSPS) is 11.2. The molecule has 39 heavy (non-hydrogen) atoms. The van der Waals surface area contributed by atoms with Crippen LogP contribution in [0.15, 0.2) is 41.3 Å². The molecule has 0 aliphatic rings. The fourth-order valence-corrected chi connectivity index (χ4v) is 4.95. The molecule has 0 atom stereocenters. The van der Waals surface area contributed by atoms with Gasteiger partial charge < -0.3 is 38.3 Å². The average molecular weight is 562 g/mol. The van der Waals surface area contributed by atoms with Crippen molar-refractivity contribution < 1.29 is 46.7 Å². The quantitative estimate of drug-likeness (QED) is 0.306. The van der Waals surface area contributed by atoms with Crippen molar-refractivity contribution >= 4 is 27.9 Å². The molecule has 0 aromatic heterocycles. The number of phenols is 1. The highest BCUT2D eigenvalue weighted by Gasteiger charge is 2.25. The van der Waals surface area contributed by atoms with Crippen molar-refractivity contribution in [1.29, 1.82) is 0 Å². The highest BCUT2D eigenvalue weighted by atomic mass is 32.2. The van der Waals surface area contributed by atoms with Gasteiger partial charge in [-0.1, -0.05) is 12.2 Å². The lowest BCUT2D eigenvalue weighted by Gasteiger charge is -2.18. The van der Waals surface area contributed by atoms with Crippen molar-refractivity contribution in [2.24, 2.45) is 0 Å². The van der Waals surface area contributed by atoms with Gasteiger partial charge in [0.15, 0.2) is 34.5 Å². The van der Waals surface area contributed by atoms with E-state index in [9.17, 15) is 13.5 Å². The molecule has 0 saturated heterocycles. The molecule has 0 spiro atoms. The molecule has 0 unspecified atom stereocenters. The van der Waals surface area contributed by atoms with Crippen LogP contribution in [0.25, 0.3) is 12.2 Å². The monoisotopic (exact) mass is 561 g/mol. The number of benzene rings is 3. The first-order valence-electron chi connectivity index (χ1n) is 11.4. The number of hydrogen-bond donors (Lipinski definition) is 2. The van der Waals surface area contributed by atoms with Crippen LogP contribution in [-0.4, -0.2) is 63.3 Å². The van der Waals surface area contributed by atoms with Gasteiger partial charge in [-0.3, -0.25) is 4.72 Å². The molecular weight excluding hydrogens is 530 g/mol. The van der Waals surface area contributed by atoms with Gasteiger partial charge in [0.2, 0.25) is 11.5 Å². The average Bonchev–Trinajstić information content (AvgIpc) is 2.95. The smallest absolute Gasteiger partial charge is 0.262 e. The number of rotatable bonds is 12. The number of phenolic OH excluding ortho intramolecular Hbond substituents is 1. The van der Waals surface area contributed by atoms with Crippen LogP contribution < -0.4 is 37.9 Å². The van der Waals surface area contributed by atoms with E-state index in [0.29, 0.717) is 28.4 Å². The molecule has 0 amide bonds. The molecule has 0 heterocycles. The van der Waals surface area contributed by atoms with E-state index in [1.807, 2.05) is 0 Å². The van der Waals surface area contributed by atoms with E-state index in [1.165, 1.54) is 68.0 Å². The molecule has 3 aromatic carbocycles. The molecule has 210 valence electrons. The Morgan fingerprint density at radius 1 is 0.641 bits per heavy atom. The number of methoxy groups -OCH3 is 7. The molecule has 0 fully saturated rings. The first kappa shape index (κ1) is 29.1. The minimum Gasteiger partial charge on any atom is -0.504 e. The van der Waals surface area contributed by atoms with Crippen LogP contribution >= 0.6 is 0 Å². The van der Waals surface area contributed by atoms with Gasteiger partial charge in [0.05, 0.1) is 54.7 Å². The summed E-state index contributed by atoms with van der Waals surface area (Å²) in [5.74, 6) is 1.55. The van der Waals surface area contributed by atoms with Gasteiger partial charge in [-0.25, -0.2) is 8.42 Å². The molecule has 0 aliphatic carbocycles. The minimum absolute atomic E-state index is 0.00921. The second-order valence-corrected chi connectivity index (χ2v) is 9.52. The van der Waals surface area contributed by atoms with Gasteiger partial charge in [-0.15, -0.1) is 0 Å². The van der Waals surface area contributed by atoms with E-state index < -0.39 is 10.0 Å². The Morgan fingerprint density at radius 3 is 1.54 bits per heavy atom. The fraction of sp³-hybridized carbons (Fsp3) is 0.259. The minimum atomic E-state index is -4.24. The summed E-state index contributed by atoms with van der Waals surface area (Å²) >= 11 is 0. The summed E-state index contributed by atoms with van der Waals surface area (Å²) in [5, 5.41) is 10.4. The third-order valence-corrected chi connectivity index (χ3v) is 7.03. The predicted molar refractivity (Wildman–Crippen MR) is 147 cm³/mol. The number of nitrogens with one attached hydrogen (secondary N) is 1. The molecule has 0 bridgehead atoms. The van der Waals surface area contributed by atoms with Gasteiger partial charge in [0.25, 0.3) is 10.0 Å². The third kappa shape index (κ3) is 6.01. The summed E-state index contributed by atoms with van der Waals surface area (Å²) in [4.78, 5) is -0.165.